The summed E-state index contributed by atoms with van der Waals surface area (Å²) in [4.78, 5) is 8.23. The number of nitrogens with one attached hydrogen (secondary N) is 2. The van der Waals surface area contributed by atoms with Crippen LogP contribution in [0.5, 0.6) is 0 Å². The molecule has 0 aliphatic carbocycles. The zero-order chi connectivity index (χ0) is 12.6. The van der Waals surface area contributed by atoms with Gasteiger partial charge in [-0.15, -0.1) is 11.7 Å². The Balaban J connectivity index is 1.95. The van der Waals surface area contributed by atoms with Crippen LogP contribution < -0.4 is 10.6 Å². The van der Waals surface area contributed by atoms with Crippen LogP contribution in [0, 0.1) is 0 Å². The van der Waals surface area contributed by atoms with Crippen molar-refractivity contribution in [1.29, 1.82) is 0 Å². The SMILES string of the molecule is C=CCNc1nncc(NCc2ccncc2)n1. The third kappa shape index (κ3) is 3.51. The Morgan fingerprint density at radius 3 is 2.83 bits per heavy atom. The second-order valence-corrected chi connectivity index (χ2v) is 3.54. The first kappa shape index (κ1) is 12.0. The van der Waals surface area contributed by atoms with E-state index < -0.39 is 0 Å². The van der Waals surface area contributed by atoms with Crippen molar-refractivity contribution in [2.24, 2.45) is 0 Å². The average Bonchev–Trinajstić information content (AvgIpc) is 2.44. The van der Waals surface area contributed by atoms with E-state index in [2.05, 4.69) is 37.4 Å². The molecule has 0 bridgehead atoms. The average molecular weight is 242 g/mol. The lowest BCUT2D eigenvalue weighted by atomic mass is 10.3. The molecule has 0 amide bonds. The lowest BCUT2D eigenvalue weighted by Gasteiger charge is -2.06. The van der Waals surface area contributed by atoms with E-state index in [1.54, 1.807) is 24.7 Å². The lowest BCUT2D eigenvalue weighted by molar-refractivity contribution is 0.953. The Morgan fingerprint density at radius 2 is 2.06 bits per heavy atom. The molecule has 0 aliphatic heterocycles. The third-order valence-corrected chi connectivity index (χ3v) is 2.19. The number of anilines is 2. The minimum absolute atomic E-state index is 0.481. The highest BCUT2D eigenvalue weighted by molar-refractivity contribution is 5.37. The Labute approximate surface area is 105 Å². The molecule has 2 aromatic rings. The summed E-state index contributed by atoms with van der Waals surface area (Å²) >= 11 is 0. The molecule has 0 aliphatic rings. The van der Waals surface area contributed by atoms with Crippen molar-refractivity contribution in [3.05, 3.63) is 48.9 Å². The van der Waals surface area contributed by atoms with E-state index in [0.29, 0.717) is 24.9 Å². The van der Waals surface area contributed by atoms with Crippen molar-refractivity contribution in [1.82, 2.24) is 20.2 Å². The first-order chi connectivity index (χ1) is 8.88. The van der Waals surface area contributed by atoms with E-state index in [4.69, 9.17) is 0 Å². The first-order valence-corrected chi connectivity index (χ1v) is 5.56. The maximum atomic E-state index is 4.27. The molecule has 0 atom stereocenters. The predicted octanol–water partition coefficient (Wildman–Crippen LogP) is 1.48. The zero-order valence-corrected chi connectivity index (χ0v) is 9.87. The van der Waals surface area contributed by atoms with E-state index in [0.717, 1.165) is 5.56 Å². The highest BCUT2D eigenvalue weighted by Crippen LogP contribution is 2.05. The van der Waals surface area contributed by atoms with Crippen molar-refractivity contribution in [3.63, 3.8) is 0 Å². The summed E-state index contributed by atoms with van der Waals surface area (Å²) in [6, 6.07) is 3.89. The van der Waals surface area contributed by atoms with Gasteiger partial charge in [-0.25, -0.2) is 0 Å². The fraction of sp³-hybridized carbons (Fsp3) is 0.167. The maximum absolute atomic E-state index is 4.27. The number of nitrogens with zero attached hydrogens (tertiary/aromatic N) is 4. The van der Waals surface area contributed by atoms with E-state index in [-0.39, 0.29) is 0 Å². The van der Waals surface area contributed by atoms with Gasteiger partial charge in [0, 0.05) is 25.5 Å². The van der Waals surface area contributed by atoms with E-state index in [9.17, 15) is 0 Å². The Morgan fingerprint density at radius 1 is 1.22 bits per heavy atom. The van der Waals surface area contributed by atoms with Gasteiger partial charge in [0.25, 0.3) is 0 Å². The number of hydrogen-bond donors (Lipinski definition) is 2. The third-order valence-electron chi connectivity index (χ3n) is 2.19. The largest absolute Gasteiger partial charge is 0.365 e. The van der Waals surface area contributed by atoms with Gasteiger partial charge in [-0.1, -0.05) is 6.08 Å². The normalized spacial score (nSPS) is 9.78. The molecule has 0 saturated carbocycles. The van der Waals surface area contributed by atoms with E-state index in [1.807, 2.05) is 12.1 Å². The molecule has 0 saturated heterocycles. The predicted molar refractivity (Wildman–Crippen MR) is 70.1 cm³/mol. The zero-order valence-electron chi connectivity index (χ0n) is 9.87. The Bertz CT molecular complexity index is 499. The van der Waals surface area contributed by atoms with Gasteiger partial charge >= 0.3 is 0 Å². The lowest BCUT2D eigenvalue weighted by Crippen LogP contribution is -2.07. The van der Waals surface area contributed by atoms with Crippen LogP contribution >= 0.6 is 0 Å². The van der Waals surface area contributed by atoms with Crippen LogP contribution in [-0.2, 0) is 6.54 Å². The van der Waals surface area contributed by atoms with Gasteiger partial charge in [-0.05, 0) is 17.7 Å². The molecule has 0 fully saturated rings. The molecule has 0 radical (unpaired) electrons. The molecular weight excluding hydrogens is 228 g/mol. The van der Waals surface area contributed by atoms with Crippen molar-refractivity contribution < 1.29 is 0 Å². The summed E-state index contributed by atoms with van der Waals surface area (Å²) in [6.45, 7) is 4.89. The van der Waals surface area contributed by atoms with E-state index >= 15 is 0 Å². The summed E-state index contributed by atoms with van der Waals surface area (Å²) in [5, 5.41) is 13.9. The molecule has 2 rings (SSSR count). The molecule has 6 nitrogen and oxygen atoms in total. The van der Waals surface area contributed by atoms with Crippen LogP contribution in [-0.4, -0.2) is 26.7 Å². The molecule has 18 heavy (non-hydrogen) atoms. The van der Waals surface area contributed by atoms with Gasteiger partial charge in [0.1, 0.15) is 0 Å². The van der Waals surface area contributed by atoms with Gasteiger partial charge in [0.15, 0.2) is 5.82 Å². The highest BCUT2D eigenvalue weighted by Gasteiger charge is 1.99. The summed E-state index contributed by atoms with van der Waals surface area (Å²) in [7, 11) is 0. The van der Waals surface area contributed by atoms with Gasteiger partial charge in [-0.2, -0.15) is 10.1 Å². The van der Waals surface area contributed by atoms with Gasteiger partial charge in [0.05, 0.1) is 6.20 Å². The second kappa shape index (κ2) is 6.29. The van der Waals surface area contributed by atoms with Gasteiger partial charge < -0.3 is 10.6 Å². The number of hydrogen-bond acceptors (Lipinski definition) is 6. The standard InChI is InChI=1S/C12H14N6/c1-2-5-14-12-17-11(9-16-18-12)15-8-10-3-6-13-7-4-10/h2-4,6-7,9H,1,5,8H2,(H2,14,15,17,18). The molecule has 6 heteroatoms. The summed E-state index contributed by atoms with van der Waals surface area (Å²) < 4.78 is 0. The molecule has 92 valence electrons. The molecular formula is C12H14N6. The van der Waals surface area contributed by atoms with Crippen molar-refractivity contribution in [3.8, 4) is 0 Å². The highest BCUT2D eigenvalue weighted by atomic mass is 15.3. The quantitative estimate of drug-likeness (QED) is 0.747. The number of pyridine rings is 1. The fourth-order valence-electron chi connectivity index (χ4n) is 1.32. The summed E-state index contributed by atoms with van der Waals surface area (Å²) in [6.07, 6.45) is 6.83. The van der Waals surface area contributed by atoms with Crippen molar-refractivity contribution in [2.45, 2.75) is 6.54 Å². The van der Waals surface area contributed by atoms with Crippen LogP contribution in [0.4, 0.5) is 11.8 Å². The minimum atomic E-state index is 0.481. The fourth-order valence-corrected chi connectivity index (χ4v) is 1.32. The second-order valence-electron chi connectivity index (χ2n) is 3.54. The smallest absolute Gasteiger partial charge is 0.244 e. The van der Waals surface area contributed by atoms with E-state index in [1.165, 1.54) is 0 Å². The molecule has 0 spiro atoms. The summed E-state index contributed by atoms with van der Waals surface area (Å²) in [5.74, 6) is 1.16. The Hall–Kier alpha value is -2.50. The van der Waals surface area contributed by atoms with Crippen LogP contribution in [0.1, 0.15) is 5.56 Å². The van der Waals surface area contributed by atoms with Crippen molar-refractivity contribution >= 4 is 11.8 Å². The molecule has 0 unspecified atom stereocenters. The summed E-state index contributed by atoms with van der Waals surface area (Å²) in [5.41, 5.74) is 1.13. The van der Waals surface area contributed by atoms with Crippen LogP contribution in [0.15, 0.2) is 43.4 Å². The first-order valence-electron chi connectivity index (χ1n) is 5.56. The molecule has 2 heterocycles. The molecule has 2 aromatic heterocycles. The Kier molecular flexibility index (Phi) is 4.18. The van der Waals surface area contributed by atoms with Gasteiger partial charge in [-0.3, -0.25) is 4.98 Å². The minimum Gasteiger partial charge on any atom is -0.365 e. The number of rotatable bonds is 6. The maximum Gasteiger partial charge on any atom is 0.244 e. The van der Waals surface area contributed by atoms with Crippen molar-refractivity contribution in [2.75, 3.05) is 17.2 Å². The molecule has 0 aromatic carbocycles. The van der Waals surface area contributed by atoms with Crippen LogP contribution in [0.3, 0.4) is 0 Å². The molecule has 2 N–H and O–H groups in total. The topological polar surface area (TPSA) is 75.6 Å². The monoisotopic (exact) mass is 242 g/mol. The number of aromatic nitrogens is 4. The van der Waals surface area contributed by atoms with Crippen LogP contribution in [0.25, 0.3) is 0 Å². The van der Waals surface area contributed by atoms with Crippen LogP contribution in [0.2, 0.25) is 0 Å². The van der Waals surface area contributed by atoms with Gasteiger partial charge in [0.2, 0.25) is 5.95 Å².